The number of anilines is 1. The molecule has 170 valence electrons. The normalized spacial score (nSPS) is 18.7. The Morgan fingerprint density at radius 3 is 2.94 bits per heavy atom. The van der Waals surface area contributed by atoms with Crippen LogP contribution in [0.5, 0.6) is 5.75 Å². The SMILES string of the molecule is C=CC(=O)N1CCOc2ccc(-c3cc4c(cn3)CCc3c-4[nH]c4c3C(=O)NC3(CC3)C4)cc21. The van der Waals surface area contributed by atoms with E-state index in [4.69, 9.17) is 9.72 Å². The highest BCUT2D eigenvalue weighted by Gasteiger charge is 2.49. The summed E-state index contributed by atoms with van der Waals surface area (Å²) < 4.78 is 5.76. The molecule has 4 heterocycles. The van der Waals surface area contributed by atoms with Crippen molar-refractivity contribution in [1.82, 2.24) is 15.3 Å². The third-order valence-electron chi connectivity index (χ3n) is 7.61. The van der Waals surface area contributed by atoms with Crippen molar-refractivity contribution in [3.05, 3.63) is 65.5 Å². The standard InChI is InChI=1S/C27H24N4O3/c1-2-23(32)31-9-10-34-22-6-4-15(11-21(22)31)19-12-18-16(14-28-19)3-5-17-24-20(29-25(17)18)13-27(7-8-27)30-26(24)33/h2,4,6,11-12,14,29H,1,3,5,7-10,13H2,(H,30,33). The molecule has 0 saturated heterocycles. The summed E-state index contributed by atoms with van der Waals surface area (Å²) in [6.45, 7) is 4.57. The molecule has 2 aromatic heterocycles. The Labute approximate surface area is 196 Å². The fourth-order valence-electron chi connectivity index (χ4n) is 5.67. The maximum atomic E-state index is 12.9. The van der Waals surface area contributed by atoms with Gasteiger partial charge in [0, 0.05) is 35.0 Å². The maximum Gasteiger partial charge on any atom is 0.253 e. The lowest BCUT2D eigenvalue weighted by Crippen LogP contribution is -2.43. The van der Waals surface area contributed by atoms with E-state index in [9.17, 15) is 9.59 Å². The van der Waals surface area contributed by atoms with Gasteiger partial charge in [0.2, 0.25) is 0 Å². The number of fused-ring (bicyclic) bond motifs is 6. The Kier molecular flexibility index (Phi) is 3.93. The molecule has 1 fully saturated rings. The van der Waals surface area contributed by atoms with Crippen LogP contribution in [0.1, 0.15) is 40.0 Å². The molecule has 1 aromatic carbocycles. The summed E-state index contributed by atoms with van der Waals surface area (Å²) in [4.78, 5) is 35.4. The fourth-order valence-corrected chi connectivity index (χ4v) is 5.67. The fraction of sp³-hybridized carbons (Fsp3) is 0.296. The number of aromatic amines is 1. The molecular weight excluding hydrogens is 428 g/mol. The summed E-state index contributed by atoms with van der Waals surface area (Å²) in [6, 6.07) is 7.93. The van der Waals surface area contributed by atoms with Gasteiger partial charge in [0.05, 0.1) is 29.2 Å². The van der Waals surface area contributed by atoms with E-state index in [1.165, 1.54) is 11.6 Å². The predicted molar refractivity (Wildman–Crippen MR) is 128 cm³/mol. The van der Waals surface area contributed by atoms with Gasteiger partial charge in [-0.1, -0.05) is 6.58 Å². The topological polar surface area (TPSA) is 87.3 Å². The van der Waals surface area contributed by atoms with Crippen molar-refractivity contribution >= 4 is 17.5 Å². The lowest BCUT2D eigenvalue weighted by atomic mass is 9.87. The van der Waals surface area contributed by atoms with E-state index in [-0.39, 0.29) is 17.4 Å². The van der Waals surface area contributed by atoms with Gasteiger partial charge >= 0.3 is 0 Å². The Hall–Kier alpha value is -3.87. The number of pyridine rings is 1. The molecule has 2 aliphatic carbocycles. The van der Waals surface area contributed by atoms with Crippen LogP contribution in [-0.2, 0) is 24.1 Å². The molecule has 7 rings (SSSR count). The molecule has 1 spiro atoms. The summed E-state index contributed by atoms with van der Waals surface area (Å²) >= 11 is 0. The average Bonchev–Trinajstić information content (AvgIpc) is 3.48. The van der Waals surface area contributed by atoms with Gasteiger partial charge in [-0.15, -0.1) is 0 Å². The van der Waals surface area contributed by atoms with E-state index in [0.29, 0.717) is 18.9 Å². The minimum absolute atomic E-state index is 0.0241. The van der Waals surface area contributed by atoms with Crippen molar-refractivity contribution in [3.8, 4) is 28.3 Å². The highest BCUT2D eigenvalue weighted by Crippen LogP contribution is 2.46. The molecule has 2 amide bonds. The number of carbonyl (C=O) groups excluding carboxylic acids is 2. The number of rotatable bonds is 2. The molecule has 0 bridgehead atoms. The summed E-state index contributed by atoms with van der Waals surface area (Å²) in [5, 5.41) is 3.25. The number of ether oxygens (including phenoxy) is 1. The summed E-state index contributed by atoms with van der Waals surface area (Å²) in [7, 11) is 0. The van der Waals surface area contributed by atoms with E-state index in [1.807, 2.05) is 24.4 Å². The molecule has 0 unspecified atom stereocenters. The van der Waals surface area contributed by atoms with Gasteiger partial charge in [0.1, 0.15) is 12.4 Å². The van der Waals surface area contributed by atoms with Crippen molar-refractivity contribution in [1.29, 1.82) is 0 Å². The van der Waals surface area contributed by atoms with Crippen molar-refractivity contribution in [3.63, 3.8) is 0 Å². The number of aromatic nitrogens is 2. The van der Waals surface area contributed by atoms with Crippen LogP contribution in [0.4, 0.5) is 5.69 Å². The number of nitrogens with zero attached hydrogens (tertiary/aromatic N) is 2. The summed E-state index contributed by atoms with van der Waals surface area (Å²) in [6.07, 6.45) is 7.96. The molecule has 7 nitrogen and oxygen atoms in total. The van der Waals surface area contributed by atoms with Crippen molar-refractivity contribution < 1.29 is 14.3 Å². The third kappa shape index (κ3) is 2.79. The zero-order chi connectivity index (χ0) is 23.0. The predicted octanol–water partition coefficient (Wildman–Crippen LogP) is 3.57. The number of benzene rings is 1. The number of H-pyrrole nitrogens is 1. The van der Waals surface area contributed by atoms with Crippen LogP contribution in [0.15, 0.2) is 43.1 Å². The van der Waals surface area contributed by atoms with Crippen LogP contribution < -0.4 is 15.0 Å². The molecule has 0 atom stereocenters. The van der Waals surface area contributed by atoms with Crippen molar-refractivity contribution in [2.45, 2.75) is 37.6 Å². The number of carbonyl (C=O) groups is 2. The van der Waals surface area contributed by atoms with E-state index in [0.717, 1.165) is 77.1 Å². The molecule has 7 heteroatoms. The van der Waals surface area contributed by atoms with Gasteiger partial charge in [-0.2, -0.15) is 0 Å². The Bertz CT molecular complexity index is 1420. The molecule has 1 saturated carbocycles. The van der Waals surface area contributed by atoms with Gasteiger partial charge < -0.3 is 19.9 Å². The minimum Gasteiger partial charge on any atom is -0.490 e. The quantitative estimate of drug-likeness (QED) is 0.582. The molecule has 2 N–H and O–H groups in total. The first kappa shape index (κ1) is 19.6. The average molecular weight is 453 g/mol. The van der Waals surface area contributed by atoms with Gasteiger partial charge in [0.25, 0.3) is 11.8 Å². The minimum atomic E-state index is -0.145. The number of amides is 2. The monoisotopic (exact) mass is 452 g/mol. The van der Waals surface area contributed by atoms with E-state index < -0.39 is 0 Å². The largest absolute Gasteiger partial charge is 0.490 e. The molecule has 0 radical (unpaired) electrons. The second-order valence-electron chi connectivity index (χ2n) is 9.69. The Balaban J connectivity index is 1.32. The van der Waals surface area contributed by atoms with E-state index in [1.54, 1.807) is 4.90 Å². The molecular formula is C27H24N4O3. The molecule has 2 aliphatic heterocycles. The highest BCUT2D eigenvalue weighted by molar-refractivity contribution is 6.03. The van der Waals surface area contributed by atoms with Gasteiger partial charge in [-0.05, 0) is 67.2 Å². The lowest BCUT2D eigenvalue weighted by Gasteiger charge is -2.29. The van der Waals surface area contributed by atoms with E-state index >= 15 is 0 Å². The summed E-state index contributed by atoms with van der Waals surface area (Å²) in [5.74, 6) is 0.603. The number of aryl methyl sites for hydroxylation is 1. The van der Waals surface area contributed by atoms with Crippen LogP contribution in [0, 0.1) is 0 Å². The van der Waals surface area contributed by atoms with Crippen molar-refractivity contribution in [2.75, 3.05) is 18.1 Å². The smallest absolute Gasteiger partial charge is 0.253 e. The number of hydrogen-bond donors (Lipinski definition) is 2. The van der Waals surface area contributed by atoms with Crippen LogP contribution in [0.25, 0.3) is 22.5 Å². The zero-order valence-corrected chi connectivity index (χ0v) is 18.7. The summed E-state index contributed by atoms with van der Waals surface area (Å²) in [5.41, 5.74) is 8.81. The van der Waals surface area contributed by atoms with Gasteiger partial charge in [0.15, 0.2) is 0 Å². The molecule has 3 aromatic rings. The lowest BCUT2D eigenvalue weighted by molar-refractivity contribution is -0.114. The first-order chi connectivity index (χ1) is 16.5. The number of nitrogens with one attached hydrogen (secondary N) is 2. The molecule has 34 heavy (non-hydrogen) atoms. The Morgan fingerprint density at radius 2 is 2.12 bits per heavy atom. The van der Waals surface area contributed by atoms with Crippen LogP contribution in [0.3, 0.4) is 0 Å². The first-order valence-corrected chi connectivity index (χ1v) is 11.8. The van der Waals surface area contributed by atoms with Crippen LogP contribution in [-0.4, -0.2) is 40.5 Å². The first-order valence-electron chi connectivity index (χ1n) is 11.8. The zero-order valence-electron chi connectivity index (χ0n) is 18.7. The van der Waals surface area contributed by atoms with E-state index in [2.05, 4.69) is 22.9 Å². The second-order valence-corrected chi connectivity index (χ2v) is 9.69. The Morgan fingerprint density at radius 1 is 1.24 bits per heavy atom. The van der Waals surface area contributed by atoms with Gasteiger partial charge in [-0.3, -0.25) is 14.6 Å². The number of hydrogen-bond acceptors (Lipinski definition) is 4. The van der Waals surface area contributed by atoms with Crippen molar-refractivity contribution in [2.24, 2.45) is 0 Å². The maximum absolute atomic E-state index is 12.9. The third-order valence-corrected chi connectivity index (χ3v) is 7.61. The van der Waals surface area contributed by atoms with Crippen LogP contribution in [0.2, 0.25) is 0 Å². The van der Waals surface area contributed by atoms with Gasteiger partial charge in [-0.25, -0.2) is 0 Å². The molecule has 4 aliphatic rings. The second kappa shape index (κ2) is 6.82. The van der Waals surface area contributed by atoms with Crippen LogP contribution >= 0.6 is 0 Å². The highest BCUT2D eigenvalue weighted by atomic mass is 16.5.